The SMILES string of the molecule is CCOC(=O)CCCN1C(=O)c2cccc3c(NCCNc4ccc(CC)cc4)ccc(c23)C1=O. The number of esters is 1. The molecule has 0 atom stereocenters. The maximum absolute atomic E-state index is 13.1. The molecule has 35 heavy (non-hydrogen) atoms. The van der Waals surface area contributed by atoms with Gasteiger partial charge in [-0.2, -0.15) is 0 Å². The first-order valence-electron chi connectivity index (χ1n) is 12.2. The third-order valence-electron chi connectivity index (χ3n) is 6.19. The molecule has 0 aliphatic carbocycles. The maximum atomic E-state index is 13.1. The van der Waals surface area contributed by atoms with Gasteiger partial charge in [-0.1, -0.05) is 31.2 Å². The molecule has 0 fully saturated rings. The van der Waals surface area contributed by atoms with Crippen LogP contribution in [0.15, 0.2) is 54.6 Å². The van der Waals surface area contributed by atoms with E-state index in [1.807, 2.05) is 18.2 Å². The summed E-state index contributed by atoms with van der Waals surface area (Å²) in [7, 11) is 0. The van der Waals surface area contributed by atoms with Crippen molar-refractivity contribution in [3.63, 3.8) is 0 Å². The summed E-state index contributed by atoms with van der Waals surface area (Å²) in [6.07, 6.45) is 1.56. The molecule has 0 unspecified atom stereocenters. The second-order valence-corrected chi connectivity index (χ2v) is 8.46. The number of hydrogen-bond acceptors (Lipinski definition) is 6. The average molecular weight is 474 g/mol. The molecule has 3 aromatic rings. The second-order valence-electron chi connectivity index (χ2n) is 8.46. The number of imide groups is 1. The Kier molecular flexibility index (Phi) is 7.65. The van der Waals surface area contributed by atoms with E-state index >= 15 is 0 Å². The van der Waals surface area contributed by atoms with E-state index in [1.165, 1.54) is 10.5 Å². The predicted molar refractivity (Wildman–Crippen MR) is 138 cm³/mol. The summed E-state index contributed by atoms with van der Waals surface area (Å²) < 4.78 is 4.94. The fourth-order valence-corrected chi connectivity index (χ4v) is 4.38. The quantitative estimate of drug-likeness (QED) is 0.235. The molecule has 1 aliphatic rings. The van der Waals surface area contributed by atoms with Crippen molar-refractivity contribution in [2.24, 2.45) is 0 Å². The van der Waals surface area contributed by atoms with E-state index in [1.54, 1.807) is 19.1 Å². The number of anilines is 2. The Hall–Kier alpha value is -3.87. The number of rotatable bonds is 11. The molecule has 0 radical (unpaired) electrons. The van der Waals surface area contributed by atoms with Crippen LogP contribution in [0.25, 0.3) is 10.8 Å². The average Bonchev–Trinajstić information content (AvgIpc) is 2.88. The molecule has 0 aromatic heterocycles. The lowest BCUT2D eigenvalue weighted by Crippen LogP contribution is -2.41. The van der Waals surface area contributed by atoms with E-state index in [2.05, 4.69) is 41.8 Å². The highest BCUT2D eigenvalue weighted by molar-refractivity contribution is 6.26. The molecule has 7 nitrogen and oxygen atoms in total. The van der Waals surface area contributed by atoms with Crippen molar-refractivity contribution in [3.05, 3.63) is 71.3 Å². The molecule has 0 saturated carbocycles. The van der Waals surface area contributed by atoms with Crippen LogP contribution in [0.2, 0.25) is 0 Å². The number of nitrogens with zero attached hydrogens (tertiary/aromatic N) is 1. The van der Waals surface area contributed by atoms with Gasteiger partial charge in [-0.3, -0.25) is 19.3 Å². The maximum Gasteiger partial charge on any atom is 0.305 e. The summed E-state index contributed by atoms with van der Waals surface area (Å²) >= 11 is 0. The van der Waals surface area contributed by atoms with E-state index in [9.17, 15) is 14.4 Å². The Morgan fingerprint density at radius 2 is 1.60 bits per heavy atom. The van der Waals surface area contributed by atoms with E-state index in [0.29, 0.717) is 36.1 Å². The lowest BCUT2D eigenvalue weighted by molar-refractivity contribution is -0.143. The molecule has 2 amide bonds. The van der Waals surface area contributed by atoms with Crippen LogP contribution in [0.5, 0.6) is 0 Å². The minimum absolute atomic E-state index is 0.168. The lowest BCUT2D eigenvalue weighted by atomic mass is 9.93. The van der Waals surface area contributed by atoms with Crippen molar-refractivity contribution in [2.45, 2.75) is 33.1 Å². The largest absolute Gasteiger partial charge is 0.466 e. The number of nitrogens with one attached hydrogen (secondary N) is 2. The van der Waals surface area contributed by atoms with Gasteiger partial charge in [0.1, 0.15) is 0 Å². The fraction of sp³-hybridized carbons (Fsp3) is 0.321. The molecular formula is C28H31N3O4. The third-order valence-corrected chi connectivity index (χ3v) is 6.19. The predicted octanol–water partition coefficient (Wildman–Crippen LogP) is 4.87. The van der Waals surface area contributed by atoms with Crippen LogP contribution in [0.1, 0.15) is 53.0 Å². The zero-order valence-corrected chi connectivity index (χ0v) is 20.2. The summed E-state index contributed by atoms with van der Waals surface area (Å²) in [6, 6.07) is 17.6. The van der Waals surface area contributed by atoms with Crippen LogP contribution in [0.3, 0.4) is 0 Å². The Bertz CT molecular complexity index is 1210. The Morgan fingerprint density at radius 1 is 0.886 bits per heavy atom. The zero-order valence-electron chi connectivity index (χ0n) is 20.2. The Labute approximate surface area is 205 Å². The van der Waals surface area contributed by atoms with E-state index in [-0.39, 0.29) is 30.7 Å². The molecule has 182 valence electrons. The highest BCUT2D eigenvalue weighted by Gasteiger charge is 2.33. The number of carbonyl (C=O) groups is 3. The van der Waals surface area contributed by atoms with Gasteiger partial charge in [0.05, 0.1) is 6.61 Å². The van der Waals surface area contributed by atoms with Gasteiger partial charge >= 0.3 is 5.97 Å². The van der Waals surface area contributed by atoms with E-state index in [0.717, 1.165) is 29.7 Å². The Balaban J connectivity index is 1.45. The molecule has 1 aliphatic heterocycles. The van der Waals surface area contributed by atoms with Crippen molar-refractivity contribution in [2.75, 3.05) is 36.9 Å². The van der Waals surface area contributed by atoms with Crippen LogP contribution in [0, 0.1) is 0 Å². The first kappa shape index (κ1) is 24.3. The van der Waals surface area contributed by atoms with Crippen LogP contribution in [-0.2, 0) is 16.0 Å². The summed E-state index contributed by atoms with van der Waals surface area (Å²) in [5.41, 5.74) is 4.27. The van der Waals surface area contributed by atoms with Crippen molar-refractivity contribution >= 4 is 39.9 Å². The second kappa shape index (κ2) is 11.0. The van der Waals surface area contributed by atoms with Crippen LogP contribution in [0.4, 0.5) is 11.4 Å². The van der Waals surface area contributed by atoms with Crippen molar-refractivity contribution in [3.8, 4) is 0 Å². The molecule has 7 heteroatoms. The number of hydrogen-bond donors (Lipinski definition) is 2. The van der Waals surface area contributed by atoms with Gasteiger partial charge in [0.15, 0.2) is 0 Å². The van der Waals surface area contributed by atoms with Gasteiger partial charge in [0.2, 0.25) is 0 Å². The fourth-order valence-electron chi connectivity index (χ4n) is 4.38. The van der Waals surface area contributed by atoms with Crippen LogP contribution in [-0.4, -0.2) is 48.9 Å². The smallest absolute Gasteiger partial charge is 0.305 e. The summed E-state index contributed by atoms with van der Waals surface area (Å²) in [5, 5.41) is 8.36. The standard InChI is InChI=1S/C28H31N3O4/c1-3-19-10-12-20(13-11-19)29-16-17-30-24-15-14-23-26-21(24)7-5-8-22(26)27(33)31(28(23)34)18-6-9-25(32)35-4-2/h5,7-8,10-15,29-30H,3-4,6,9,16-18H2,1-2H3. The zero-order chi connectivity index (χ0) is 24.8. The Morgan fingerprint density at radius 3 is 2.31 bits per heavy atom. The number of aryl methyl sites for hydroxylation is 1. The monoisotopic (exact) mass is 473 g/mol. The molecule has 0 spiro atoms. The number of amides is 2. The summed E-state index contributed by atoms with van der Waals surface area (Å²) in [6.45, 7) is 5.78. The topological polar surface area (TPSA) is 87.7 Å². The third kappa shape index (κ3) is 5.29. The molecular weight excluding hydrogens is 442 g/mol. The molecule has 0 saturated heterocycles. The first-order valence-corrected chi connectivity index (χ1v) is 12.2. The normalized spacial score (nSPS) is 12.7. The highest BCUT2D eigenvalue weighted by atomic mass is 16.5. The van der Waals surface area contributed by atoms with E-state index in [4.69, 9.17) is 4.74 Å². The van der Waals surface area contributed by atoms with Crippen LogP contribution >= 0.6 is 0 Å². The number of carbonyl (C=O) groups excluding carboxylic acids is 3. The van der Waals surface area contributed by atoms with Crippen LogP contribution < -0.4 is 10.6 Å². The van der Waals surface area contributed by atoms with Gasteiger partial charge in [-0.25, -0.2) is 0 Å². The highest BCUT2D eigenvalue weighted by Crippen LogP contribution is 2.34. The molecule has 1 heterocycles. The van der Waals surface area contributed by atoms with Gasteiger partial charge < -0.3 is 15.4 Å². The molecule has 2 N–H and O–H groups in total. The van der Waals surface area contributed by atoms with Crippen molar-refractivity contribution in [1.29, 1.82) is 0 Å². The molecule has 3 aromatic carbocycles. The van der Waals surface area contributed by atoms with Gasteiger partial charge in [-0.15, -0.1) is 0 Å². The van der Waals surface area contributed by atoms with Gasteiger partial charge in [-0.05, 0) is 55.7 Å². The van der Waals surface area contributed by atoms with Gasteiger partial charge in [0.25, 0.3) is 11.8 Å². The lowest BCUT2D eigenvalue weighted by Gasteiger charge is -2.28. The minimum atomic E-state index is -0.327. The van der Waals surface area contributed by atoms with E-state index < -0.39 is 0 Å². The minimum Gasteiger partial charge on any atom is -0.466 e. The number of benzene rings is 3. The number of ether oxygens (including phenoxy) is 1. The molecule has 4 rings (SSSR count). The van der Waals surface area contributed by atoms with Gasteiger partial charge in [0, 0.05) is 59.3 Å². The summed E-state index contributed by atoms with van der Waals surface area (Å²) in [5.74, 6) is -0.979. The van der Waals surface area contributed by atoms with Crippen molar-refractivity contribution < 1.29 is 19.1 Å². The first-order chi connectivity index (χ1) is 17.0. The summed E-state index contributed by atoms with van der Waals surface area (Å²) in [4.78, 5) is 39.2. The molecule has 0 bridgehead atoms. The van der Waals surface area contributed by atoms with Crippen molar-refractivity contribution in [1.82, 2.24) is 4.90 Å².